The van der Waals surface area contributed by atoms with Crippen LogP contribution in [0.3, 0.4) is 0 Å². The number of aryl methyl sites for hydroxylation is 1. The maximum Gasteiger partial charge on any atom is 0.204 e. The minimum atomic E-state index is -0.0283. The van der Waals surface area contributed by atoms with Gasteiger partial charge in [0.25, 0.3) is 0 Å². The first-order chi connectivity index (χ1) is 7.16. The molecule has 0 aliphatic carbocycles. The summed E-state index contributed by atoms with van der Waals surface area (Å²) in [7, 11) is 0. The lowest BCUT2D eigenvalue weighted by molar-refractivity contribution is 0.104. The Morgan fingerprint density at radius 1 is 1.33 bits per heavy atom. The molecule has 4 heteroatoms. The first kappa shape index (κ1) is 10.3. The molecule has 0 unspecified atom stereocenters. The lowest BCUT2D eigenvalue weighted by Gasteiger charge is -1.97. The number of carbonyl (C=O) groups is 1. The molecular formula is C11H8ClNOS. The topological polar surface area (TPSA) is 30.0 Å². The highest BCUT2D eigenvalue weighted by atomic mass is 35.5. The molecule has 0 saturated carbocycles. The molecule has 15 heavy (non-hydrogen) atoms. The van der Waals surface area contributed by atoms with Gasteiger partial charge in [0, 0.05) is 17.5 Å². The fourth-order valence-corrected chi connectivity index (χ4v) is 2.19. The van der Waals surface area contributed by atoms with Crippen LogP contribution in [0.15, 0.2) is 30.5 Å². The molecule has 0 aliphatic heterocycles. The molecule has 0 atom stereocenters. The predicted octanol–water partition coefficient (Wildman–Crippen LogP) is 3.34. The van der Waals surface area contributed by atoms with Crippen molar-refractivity contribution in [1.82, 2.24) is 4.98 Å². The smallest absolute Gasteiger partial charge is 0.204 e. The van der Waals surface area contributed by atoms with Gasteiger partial charge in [-0.25, -0.2) is 0 Å². The van der Waals surface area contributed by atoms with Crippen LogP contribution in [0.5, 0.6) is 0 Å². The molecule has 0 N–H and O–H groups in total. The zero-order valence-corrected chi connectivity index (χ0v) is 9.60. The lowest BCUT2D eigenvalue weighted by atomic mass is 10.1. The summed E-state index contributed by atoms with van der Waals surface area (Å²) in [5.41, 5.74) is 1.50. The van der Waals surface area contributed by atoms with E-state index in [2.05, 4.69) is 4.98 Å². The highest BCUT2D eigenvalue weighted by Crippen LogP contribution is 2.23. The summed E-state index contributed by atoms with van der Waals surface area (Å²) in [4.78, 5) is 16.6. The van der Waals surface area contributed by atoms with Gasteiger partial charge in [0.2, 0.25) is 5.78 Å². The Morgan fingerprint density at radius 2 is 2.13 bits per heavy atom. The molecule has 0 bridgehead atoms. The summed E-state index contributed by atoms with van der Waals surface area (Å²) in [6.07, 6.45) is 1.59. The molecule has 0 saturated heterocycles. The number of carbonyl (C=O) groups excluding carboxylic acids is 1. The van der Waals surface area contributed by atoms with Crippen molar-refractivity contribution in [3.63, 3.8) is 0 Å². The van der Waals surface area contributed by atoms with Crippen molar-refractivity contribution in [1.29, 1.82) is 0 Å². The van der Waals surface area contributed by atoms with Gasteiger partial charge in [-0.1, -0.05) is 11.6 Å². The average molecular weight is 238 g/mol. The van der Waals surface area contributed by atoms with Crippen molar-refractivity contribution in [2.75, 3.05) is 0 Å². The monoisotopic (exact) mass is 237 g/mol. The highest BCUT2D eigenvalue weighted by Gasteiger charge is 2.11. The molecule has 2 nitrogen and oxygen atoms in total. The van der Waals surface area contributed by atoms with Gasteiger partial charge in [0.15, 0.2) is 0 Å². The van der Waals surface area contributed by atoms with Crippen LogP contribution in [0.4, 0.5) is 0 Å². The van der Waals surface area contributed by atoms with Gasteiger partial charge in [-0.3, -0.25) is 9.78 Å². The van der Waals surface area contributed by atoms with Crippen LogP contribution in [-0.4, -0.2) is 10.8 Å². The minimum absolute atomic E-state index is 0.0283. The molecule has 0 aromatic carbocycles. The molecule has 76 valence electrons. The van der Waals surface area contributed by atoms with E-state index in [0.29, 0.717) is 14.8 Å². The summed E-state index contributed by atoms with van der Waals surface area (Å²) >= 11 is 7.05. The molecule has 2 rings (SSSR count). The molecule has 0 fully saturated rings. The van der Waals surface area contributed by atoms with E-state index in [4.69, 9.17) is 11.6 Å². The Kier molecular flexibility index (Phi) is 2.84. The molecule has 0 aliphatic rings. The lowest BCUT2D eigenvalue weighted by Crippen LogP contribution is -1.99. The number of nitrogens with zero attached hydrogens (tertiary/aromatic N) is 1. The largest absolute Gasteiger partial charge is 0.288 e. The quantitative estimate of drug-likeness (QED) is 0.750. The van der Waals surface area contributed by atoms with Gasteiger partial charge in [-0.05, 0) is 31.2 Å². The zero-order chi connectivity index (χ0) is 10.8. The minimum Gasteiger partial charge on any atom is -0.288 e. The van der Waals surface area contributed by atoms with Gasteiger partial charge in [0.05, 0.1) is 9.21 Å². The third-order valence-corrected chi connectivity index (χ3v) is 3.20. The van der Waals surface area contributed by atoms with Crippen LogP contribution in [0.25, 0.3) is 0 Å². The molecule has 2 aromatic heterocycles. The summed E-state index contributed by atoms with van der Waals surface area (Å²) in [6.45, 7) is 1.89. The van der Waals surface area contributed by atoms with Gasteiger partial charge < -0.3 is 0 Å². The third-order valence-electron chi connectivity index (χ3n) is 1.97. The second-order valence-electron chi connectivity index (χ2n) is 3.12. The van der Waals surface area contributed by atoms with Crippen molar-refractivity contribution in [2.24, 2.45) is 0 Å². The van der Waals surface area contributed by atoms with E-state index in [9.17, 15) is 4.79 Å². The van der Waals surface area contributed by atoms with Crippen LogP contribution in [0.2, 0.25) is 4.34 Å². The second-order valence-corrected chi connectivity index (χ2v) is 4.84. The fourth-order valence-electron chi connectivity index (χ4n) is 1.18. The summed E-state index contributed by atoms with van der Waals surface area (Å²) in [5, 5.41) is 0. The molecule has 0 amide bonds. The molecule has 2 heterocycles. The van der Waals surface area contributed by atoms with Crippen LogP contribution >= 0.6 is 22.9 Å². The summed E-state index contributed by atoms with van der Waals surface area (Å²) < 4.78 is 0.624. The number of thiophene rings is 1. The number of hydrogen-bond donors (Lipinski definition) is 0. The number of aromatic nitrogens is 1. The van der Waals surface area contributed by atoms with E-state index in [1.807, 2.05) is 13.0 Å². The first-order valence-electron chi connectivity index (χ1n) is 4.39. The zero-order valence-electron chi connectivity index (χ0n) is 8.03. The van der Waals surface area contributed by atoms with Crippen LogP contribution < -0.4 is 0 Å². The summed E-state index contributed by atoms with van der Waals surface area (Å²) in [6, 6.07) is 7.05. The number of rotatable bonds is 2. The third kappa shape index (κ3) is 2.25. The van der Waals surface area contributed by atoms with Crippen LogP contribution in [0.1, 0.15) is 20.9 Å². The molecule has 0 spiro atoms. The Balaban J connectivity index is 2.32. The number of ketones is 1. The van der Waals surface area contributed by atoms with E-state index in [1.165, 1.54) is 11.3 Å². The fraction of sp³-hybridized carbons (Fsp3) is 0.0909. The normalized spacial score (nSPS) is 10.3. The van der Waals surface area contributed by atoms with E-state index < -0.39 is 0 Å². The van der Waals surface area contributed by atoms with Crippen molar-refractivity contribution < 1.29 is 4.79 Å². The highest BCUT2D eigenvalue weighted by molar-refractivity contribution is 7.18. The number of pyridine rings is 1. The standard InChI is InChI=1S/C11H8ClNOS/c1-7-2-3-8(6-13-7)11(14)9-4-5-10(12)15-9/h2-6H,1H3. The van der Waals surface area contributed by atoms with Crippen molar-refractivity contribution in [3.05, 3.63) is 50.9 Å². The summed E-state index contributed by atoms with van der Waals surface area (Å²) in [5.74, 6) is -0.0283. The Bertz CT molecular complexity index is 490. The number of hydrogen-bond acceptors (Lipinski definition) is 3. The van der Waals surface area contributed by atoms with Gasteiger partial charge >= 0.3 is 0 Å². The van der Waals surface area contributed by atoms with Crippen molar-refractivity contribution in [3.8, 4) is 0 Å². The van der Waals surface area contributed by atoms with Gasteiger partial charge in [-0.15, -0.1) is 11.3 Å². The Morgan fingerprint density at radius 3 is 2.67 bits per heavy atom. The van der Waals surface area contributed by atoms with Crippen molar-refractivity contribution in [2.45, 2.75) is 6.92 Å². The Hall–Kier alpha value is -1.19. The van der Waals surface area contributed by atoms with Crippen LogP contribution in [0, 0.1) is 6.92 Å². The first-order valence-corrected chi connectivity index (χ1v) is 5.59. The number of halogens is 1. The molecule has 2 aromatic rings. The average Bonchev–Trinajstić information content (AvgIpc) is 2.65. The predicted molar refractivity (Wildman–Crippen MR) is 61.7 cm³/mol. The Labute approximate surface area is 96.5 Å². The SMILES string of the molecule is Cc1ccc(C(=O)c2ccc(Cl)s2)cn1. The van der Waals surface area contributed by atoms with E-state index in [1.54, 1.807) is 24.4 Å². The molecular weight excluding hydrogens is 230 g/mol. The maximum atomic E-state index is 11.9. The van der Waals surface area contributed by atoms with Gasteiger partial charge in [0.1, 0.15) is 0 Å². The van der Waals surface area contributed by atoms with E-state index in [0.717, 1.165) is 5.69 Å². The maximum absolute atomic E-state index is 11.9. The van der Waals surface area contributed by atoms with Gasteiger partial charge in [-0.2, -0.15) is 0 Å². The van der Waals surface area contributed by atoms with E-state index >= 15 is 0 Å². The molecule has 0 radical (unpaired) electrons. The van der Waals surface area contributed by atoms with Crippen LogP contribution in [-0.2, 0) is 0 Å². The van der Waals surface area contributed by atoms with E-state index in [-0.39, 0.29) is 5.78 Å². The van der Waals surface area contributed by atoms with Crippen molar-refractivity contribution >= 4 is 28.7 Å². The second kappa shape index (κ2) is 4.13.